The van der Waals surface area contributed by atoms with Crippen LogP contribution in [0.1, 0.15) is 41.5 Å². The molecular formula is C34H28ClF3N2O2. The molecule has 0 aliphatic carbocycles. The molecule has 214 valence electrons. The van der Waals surface area contributed by atoms with Crippen molar-refractivity contribution in [1.82, 2.24) is 4.90 Å². The summed E-state index contributed by atoms with van der Waals surface area (Å²) in [6.45, 7) is 2.06. The van der Waals surface area contributed by atoms with E-state index in [-0.39, 0.29) is 24.0 Å². The molecule has 0 unspecified atom stereocenters. The summed E-state index contributed by atoms with van der Waals surface area (Å²) in [5.41, 5.74) is 0.202. The fourth-order valence-corrected chi connectivity index (χ4v) is 6.04. The molecule has 0 spiro atoms. The van der Waals surface area contributed by atoms with Crippen LogP contribution < -0.4 is 4.74 Å². The Bertz CT molecular complexity index is 1720. The maximum absolute atomic E-state index is 14.3. The smallest absolute Gasteiger partial charge is 0.417 e. The maximum atomic E-state index is 14.3. The van der Waals surface area contributed by atoms with Gasteiger partial charge in [0.15, 0.2) is 0 Å². The van der Waals surface area contributed by atoms with E-state index in [1.165, 1.54) is 6.07 Å². The first-order valence-corrected chi connectivity index (χ1v) is 13.8. The Labute approximate surface area is 247 Å². The number of hydrogen-bond acceptors (Lipinski definition) is 3. The molecule has 0 bridgehead atoms. The van der Waals surface area contributed by atoms with Gasteiger partial charge < -0.3 is 9.64 Å². The Morgan fingerprint density at radius 2 is 1.69 bits per heavy atom. The van der Waals surface area contributed by atoms with E-state index in [0.29, 0.717) is 28.9 Å². The predicted molar refractivity (Wildman–Crippen MR) is 158 cm³/mol. The van der Waals surface area contributed by atoms with Crippen LogP contribution in [0.2, 0.25) is 5.02 Å². The van der Waals surface area contributed by atoms with E-state index in [9.17, 15) is 23.2 Å². The van der Waals surface area contributed by atoms with Crippen molar-refractivity contribution >= 4 is 33.9 Å². The Morgan fingerprint density at radius 3 is 2.38 bits per heavy atom. The van der Waals surface area contributed by atoms with E-state index in [2.05, 4.69) is 6.07 Å². The minimum absolute atomic E-state index is 0.156. The van der Waals surface area contributed by atoms with Crippen LogP contribution in [0, 0.1) is 16.7 Å². The molecule has 42 heavy (non-hydrogen) atoms. The lowest BCUT2D eigenvalue weighted by Gasteiger charge is -2.38. The Balaban J connectivity index is 1.55. The van der Waals surface area contributed by atoms with Crippen molar-refractivity contribution in [2.45, 2.75) is 25.4 Å². The highest BCUT2D eigenvalue weighted by atomic mass is 35.5. The largest absolute Gasteiger partial charge is 0.496 e. The van der Waals surface area contributed by atoms with Crippen LogP contribution in [0.15, 0.2) is 91.0 Å². The van der Waals surface area contributed by atoms with Crippen molar-refractivity contribution in [3.8, 4) is 11.8 Å². The van der Waals surface area contributed by atoms with Crippen LogP contribution in [-0.2, 0) is 11.0 Å². The summed E-state index contributed by atoms with van der Waals surface area (Å²) in [5, 5.41) is 12.3. The zero-order valence-electron chi connectivity index (χ0n) is 23.1. The number of ether oxygens (including phenoxy) is 1. The van der Waals surface area contributed by atoms with Crippen molar-refractivity contribution in [1.29, 1.82) is 5.26 Å². The van der Waals surface area contributed by atoms with Crippen LogP contribution in [0.3, 0.4) is 0 Å². The van der Waals surface area contributed by atoms with Gasteiger partial charge in [0, 0.05) is 24.6 Å². The molecule has 0 saturated heterocycles. The summed E-state index contributed by atoms with van der Waals surface area (Å²) in [7, 11) is 1.56. The minimum Gasteiger partial charge on any atom is -0.496 e. The number of para-hydroxylation sites is 1. The molecule has 0 N–H and O–H groups in total. The van der Waals surface area contributed by atoms with E-state index < -0.39 is 23.1 Å². The van der Waals surface area contributed by atoms with Crippen LogP contribution >= 0.6 is 11.6 Å². The second-order valence-corrected chi connectivity index (χ2v) is 10.9. The standard InChI is InChI=1S/C34H28ClF3N2O2/c1-33(21-39,32(41)40-18-16-22(17-19-40)24-14-15-29(35)28(20-24)34(36,37)38)31(27-11-5-6-13-30(27)42-2)26-12-7-9-23-8-3-4-10-25(23)26/h3-16,20,31H,17-19H2,1-2H3/t31-,33+/m0/s1. The number of hydrogen-bond donors (Lipinski definition) is 0. The summed E-state index contributed by atoms with van der Waals surface area (Å²) in [6.07, 6.45) is -2.49. The minimum atomic E-state index is -4.58. The number of halogens is 4. The van der Waals surface area contributed by atoms with Crippen LogP contribution in [0.4, 0.5) is 13.2 Å². The van der Waals surface area contributed by atoms with Gasteiger partial charge in [-0.2, -0.15) is 18.4 Å². The topological polar surface area (TPSA) is 53.3 Å². The van der Waals surface area contributed by atoms with Crippen LogP contribution in [0.25, 0.3) is 16.3 Å². The number of methoxy groups -OCH3 is 1. The SMILES string of the molecule is COc1ccccc1[C@H](c1cccc2ccccc12)[C@@](C)(C#N)C(=O)N1CC=C(c2ccc(Cl)c(C(F)(F)F)c2)CC1. The van der Waals surface area contributed by atoms with E-state index in [1.54, 1.807) is 31.1 Å². The van der Waals surface area contributed by atoms with E-state index in [4.69, 9.17) is 16.3 Å². The van der Waals surface area contributed by atoms with Gasteiger partial charge in [-0.3, -0.25) is 4.79 Å². The van der Waals surface area contributed by atoms with E-state index in [1.807, 2.05) is 66.7 Å². The lowest BCUT2D eigenvalue weighted by molar-refractivity contribution is -0.138. The van der Waals surface area contributed by atoms with Gasteiger partial charge in [0.1, 0.15) is 11.2 Å². The van der Waals surface area contributed by atoms with Gasteiger partial charge in [-0.15, -0.1) is 0 Å². The van der Waals surface area contributed by atoms with Crippen molar-refractivity contribution in [2.75, 3.05) is 20.2 Å². The molecule has 1 aliphatic rings. The predicted octanol–water partition coefficient (Wildman–Crippen LogP) is 8.50. The molecule has 1 aliphatic heterocycles. The third-order valence-electron chi connectivity index (χ3n) is 7.98. The van der Waals surface area contributed by atoms with Gasteiger partial charge in [0.2, 0.25) is 5.91 Å². The molecule has 0 radical (unpaired) electrons. The molecule has 2 atom stereocenters. The van der Waals surface area contributed by atoms with Crippen molar-refractivity contribution < 1.29 is 22.7 Å². The summed E-state index contributed by atoms with van der Waals surface area (Å²) in [6, 6.07) is 27.3. The number of alkyl halides is 3. The molecule has 4 aromatic rings. The summed E-state index contributed by atoms with van der Waals surface area (Å²) in [4.78, 5) is 15.9. The fourth-order valence-electron chi connectivity index (χ4n) is 5.82. The molecule has 0 aromatic heterocycles. The summed E-state index contributed by atoms with van der Waals surface area (Å²) in [5.74, 6) is -0.474. The van der Waals surface area contributed by atoms with Gasteiger partial charge in [0.25, 0.3) is 0 Å². The fraction of sp³-hybridized carbons (Fsp3) is 0.235. The van der Waals surface area contributed by atoms with Crippen LogP contribution in [-0.4, -0.2) is 31.0 Å². The zero-order valence-corrected chi connectivity index (χ0v) is 23.8. The normalized spacial score (nSPS) is 15.8. The number of nitrogens with zero attached hydrogens (tertiary/aromatic N) is 2. The van der Waals surface area contributed by atoms with Crippen molar-refractivity contribution in [3.05, 3.63) is 118 Å². The first-order chi connectivity index (χ1) is 20.1. The van der Waals surface area contributed by atoms with Gasteiger partial charge in [-0.05, 0) is 59.0 Å². The highest BCUT2D eigenvalue weighted by Gasteiger charge is 2.47. The lowest BCUT2D eigenvalue weighted by atomic mass is 9.68. The monoisotopic (exact) mass is 588 g/mol. The average Bonchev–Trinajstić information content (AvgIpc) is 3.01. The Hall–Kier alpha value is -4.28. The quantitative estimate of drug-likeness (QED) is 0.227. The number of fused-ring (bicyclic) bond motifs is 1. The number of amides is 1. The van der Waals surface area contributed by atoms with Crippen molar-refractivity contribution in [2.24, 2.45) is 5.41 Å². The molecule has 4 aromatic carbocycles. The van der Waals surface area contributed by atoms with E-state index in [0.717, 1.165) is 22.4 Å². The Kier molecular flexibility index (Phi) is 8.03. The van der Waals surface area contributed by atoms with Gasteiger partial charge in [0.05, 0.1) is 23.8 Å². The summed E-state index contributed by atoms with van der Waals surface area (Å²) >= 11 is 5.81. The number of carbonyl (C=O) groups is 1. The molecule has 0 fully saturated rings. The summed E-state index contributed by atoms with van der Waals surface area (Å²) < 4.78 is 46.0. The maximum Gasteiger partial charge on any atom is 0.417 e. The second kappa shape index (κ2) is 11.5. The van der Waals surface area contributed by atoms with Gasteiger partial charge in [-0.25, -0.2) is 0 Å². The molecule has 4 nitrogen and oxygen atoms in total. The first-order valence-electron chi connectivity index (χ1n) is 13.5. The number of benzene rings is 4. The highest BCUT2D eigenvalue weighted by molar-refractivity contribution is 6.31. The molecule has 0 saturated carbocycles. The molecule has 8 heteroatoms. The average molecular weight is 589 g/mol. The molecular weight excluding hydrogens is 561 g/mol. The molecule has 1 amide bonds. The number of nitriles is 1. The number of carbonyl (C=O) groups excluding carboxylic acids is 1. The third kappa shape index (κ3) is 5.35. The third-order valence-corrected chi connectivity index (χ3v) is 8.31. The van der Waals surface area contributed by atoms with Crippen LogP contribution in [0.5, 0.6) is 5.75 Å². The highest BCUT2D eigenvalue weighted by Crippen LogP contribution is 2.47. The van der Waals surface area contributed by atoms with E-state index >= 15 is 0 Å². The van der Waals surface area contributed by atoms with Crippen molar-refractivity contribution in [3.63, 3.8) is 0 Å². The van der Waals surface area contributed by atoms with Gasteiger partial charge >= 0.3 is 6.18 Å². The lowest BCUT2D eigenvalue weighted by Crippen LogP contribution is -2.46. The Morgan fingerprint density at radius 1 is 1.00 bits per heavy atom. The van der Waals surface area contributed by atoms with Gasteiger partial charge in [-0.1, -0.05) is 84.4 Å². The second-order valence-electron chi connectivity index (χ2n) is 10.5. The molecule has 5 rings (SSSR count). The first kappa shape index (κ1) is 29.2. The zero-order chi connectivity index (χ0) is 30.1. The molecule has 1 heterocycles. The number of rotatable bonds is 6.